The number of methoxy groups -OCH3 is 1. The molecule has 0 heterocycles. The number of fused-ring (bicyclic) bond motifs is 14. The highest BCUT2D eigenvalue weighted by molar-refractivity contribution is 5.77. The van der Waals surface area contributed by atoms with Gasteiger partial charge >= 0.3 is 11.9 Å². The molecule has 0 saturated heterocycles. The Balaban J connectivity index is 0.000000172. The monoisotopic (exact) mass is 959 g/mol. The van der Waals surface area contributed by atoms with E-state index >= 15 is 0 Å². The van der Waals surface area contributed by atoms with Gasteiger partial charge in [-0.1, -0.05) is 120 Å². The van der Waals surface area contributed by atoms with Crippen LogP contribution in [0.15, 0.2) is 23.3 Å². The minimum atomic E-state index is -0.679. The van der Waals surface area contributed by atoms with Crippen LogP contribution in [-0.4, -0.2) is 69.0 Å². The van der Waals surface area contributed by atoms with Crippen LogP contribution < -0.4 is 0 Å². The summed E-state index contributed by atoms with van der Waals surface area (Å²) in [6.45, 7) is 33.0. The molecule has 8 saturated carbocycles. The molecule has 0 unspecified atom stereocenters. The van der Waals surface area contributed by atoms with Crippen LogP contribution >= 0.6 is 0 Å². The number of aliphatic hydroxyl groups excluding tert-OH is 3. The normalized spacial score (nSPS) is 55.6. The van der Waals surface area contributed by atoms with E-state index in [4.69, 9.17) is 4.74 Å². The third-order valence-corrected chi connectivity index (χ3v) is 27.0. The lowest BCUT2D eigenvalue weighted by Gasteiger charge is -2.71. The first-order chi connectivity index (χ1) is 31.9. The minimum absolute atomic E-state index is 0.00993. The van der Waals surface area contributed by atoms with Gasteiger partial charge in [-0.3, -0.25) is 9.59 Å². The van der Waals surface area contributed by atoms with Gasteiger partial charge in [-0.15, -0.1) is 0 Å². The second kappa shape index (κ2) is 16.4. The number of ether oxygens (including phenoxy) is 1. The molecule has 69 heavy (non-hydrogen) atoms. The van der Waals surface area contributed by atoms with Crippen molar-refractivity contribution in [3.05, 3.63) is 23.3 Å². The summed E-state index contributed by atoms with van der Waals surface area (Å²) in [7, 11) is 1.76. The number of aliphatic hydroxyl groups is 3. The van der Waals surface area contributed by atoms with Crippen LogP contribution in [0.3, 0.4) is 0 Å². The smallest absolute Gasteiger partial charge is 0.310 e. The number of hydrogen-bond donors (Lipinski definition) is 5. The van der Waals surface area contributed by atoms with E-state index in [9.17, 15) is 35.1 Å². The Morgan fingerprint density at radius 2 is 0.913 bits per heavy atom. The SMILES string of the molecule is CO[C@H]1C[C@]2(C)[C@H]3CC=C4[C@@H]5[C@@H](C)[C@H](C)CC[C@]5(C(=O)O)CC[C@@]4(C)[C@]3(C)CC[C@H]2C(C)(C)[C@@H]1O.C[C@H]1[C@H](C)CC[C@]2(C(=O)O)CC[C@]3(C)C(=CC[C@@H]4[C@@]5(C)C[C@H](O)[C@@H](O)C(C)(C)[C@@H]5CC[C@]43C)[C@H]12. The van der Waals surface area contributed by atoms with Crippen LogP contribution in [-0.2, 0) is 14.3 Å². The van der Waals surface area contributed by atoms with Gasteiger partial charge in [-0.05, 0) is 205 Å². The Labute approximate surface area is 418 Å². The fraction of sp³-hybridized carbons (Fsp3) is 0.902. The summed E-state index contributed by atoms with van der Waals surface area (Å²) in [5.74, 6) is 2.84. The second-order valence-corrected chi connectivity index (χ2v) is 29.5. The summed E-state index contributed by atoms with van der Waals surface area (Å²) in [5, 5.41) is 54.2. The van der Waals surface area contributed by atoms with Crippen molar-refractivity contribution in [1.82, 2.24) is 0 Å². The van der Waals surface area contributed by atoms with Gasteiger partial charge < -0.3 is 30.3 Å². The van der Waals surface area contributed by atoms with E-state index in [1.54, 1.807) is 7.11 Å². The van der Waals surface area contributed by atoms with E-state index in [1.165, 1.54) is 11.1 Å². The Morgan fingerprint density at radius 1 is 0.522 bits per heavy atom. The first kappa shape index (κ1) is 52.1. The van der Waals surface area contributed by atoms with E-state index in [0.29, 0.717) is 53.8 Å². The molecule has 10 rings (SSSR count). The zero-order valence-electron chi connectivity index (χ0n) is 46.0. The van der Waals surface area contributed by atoms with Gasteiger partial charge in [0.05, 0.1) is 35.2 Å². The summed E-state index contributed by atoms with van der Waals surface area (Å²) < 4.78 is 5.90. The lowest BCUT2D eigenvalue weighted by atomic mass is 9.33. The first-order valence-electron chi connectivity index (χ1n) is 28.3. The molecule has 8 heteroatoms. The average Bonchev–Trinajstić information content (AvgIpc) is 3.27. The molecule has 10 aliphatic rings. The van der Waals surface area contributed by atoms with Crippen molar-refractivity contribution in [3.63, 3.8) is 0 Å². The van der Waals surface area contributed by atoms with Crippen molar-refractivity contribution in [3.8, 4) is 0 Å². The molecule has 0 spiro atoms. The van der Waals surface area contributed by atoms with Crippen molar-refractivity contribution >= 4 is 11.9 Å². The van der Waals surface area contributed by atoms with Crippen LogP contribution in [0, 0.1) is 113 Å². The molecular weight excluding hydrogens is 861 g/mol. The topological polar surface area (TPSA) is 145 Å². The number of allylic oxidation sites excluding steroid dienone is 4. The Morgan fingerprint density at radius 3 is 1.30 bits per heavy atom. The van der Waals surface area contributed by atoms with E-state index in [0.717, 1.165) is 96.3 Å². The first-order valence-corrected chi connectivity index (χ1v) is 28.3. The van der Waals surface area contributed by atoms with E-state index in [1.807, 2.05) is 0 Å². The standard InChI is InChI=1S/C31H50O4.C30H48O4/c1-18-11-14-31(26(33)34)16-15-29(6)20(24(31)19(18)2)9-10-23-28(5)17-21(35-8)25(32)27(3,4)22(28)12-13-30(23,29)7;1-17-10-13-30(25(33)34)15-14-28(6)19(23(30)18(17)2)8-9-22-27(5)16-20(31)24(32)26(3,4)21(27)11-12-29(22,28)7/h9,18-19,21-25,32H,10-17H2,1-8H3,(H,33,34);8,17-18,20-24,31-32H,9-16H2,1-7H3,(H,33,34)/t18-,19+,21+,22+,23-,24+,25-,28+,29-,30-,31+;17-,18+,20+,21+,22-,23+,24-,27+,28-,29-,30+/m11/s1. The lowest BCUT2D eigenvalue weighted by Crippen LogP contribution is -2.67. The van der Waals surface area contributed by atoms with Gasteiger partial charge in [0, 0.05) is 7.11 Å². The maximum atomic E-state index is 12.8. The third kappa shape index (κ3) is 6.56. The van der Waals surface area contributed by atoms with Crippen molar-refractivity contribution in [2.75, 3.05) is 7.11 Å². The molecule has 0 aromatic carbocycles. The number of rotatable bonds is 3. The largest absolute Gasteiger partial charge is 0.481 e. The molecule has 8 nitrogen and oxygen atoms in total. The molecule has 0 amide bonds. The van der Waals surface area contributed by atoms with E-state index in [2.05, 4.69) is 109 Å². The highest BCUT2D eigenvalue weighted by Gasteiger charge is 2.73. The van der Waals surface area contributed by atoms with Gasteiger partial charge in [-0.25, -0.2) is 0 Å². The second-order valence-electron chi connectivity index (χ2n) is 29.5. The third-order valence-electron chi connectivity index (χ3n) is 27.0. The highest BCUT2D eigenvalue weighted by atomic mass is 16.5. The number of aliphatic carboxylic acids is 2. The van der Waals surface area contributed by atoms with Gasteiger partial charge in [0.15, 0.2) is 0 Å². The molecule has 8 fully saturated rings. The number of carboxylic acid groups (broad SMARTS) is 2. The van der Waals surface area contributed by atoms with Crippen molar-refractivity contribution in [2.24, 2.45) is 113 Å². The summed E-state index contributed by atoms with van der Waals surface area (Å²) in [4.78, 5) is 25.7. The van der Waals surface area contributed by atoms with Gasteiger partial charge in [-0.2, -0.15) is 0 Å². The van der Waals surface area contributed by atoms with Crippen LogP contribution in [0.2, 0.25) is 0 Å². The number of hydrogen-bond acceptors (Lipinski definition) is 6. The van der Waals surface area contributed by atoms with E-state index in [-0.39, 0.29) is 61.3 Å². The Kier molecular flexibility index (Phi) is 12.4. The maximum Gasteiger partial charge on any atom is 0.310 e. The minimum Gasteiger partial charge on any atom is -0.481 e. The van der Waals surface area contributed by atoms with Gasteiger partial charge in [0.2, 0.25) is 0 Å². The van der Waals surface area contributed by atoms with Gasteiger partial charge in [0.25, 0.3) is 0 Å². The summed E-state index contributed by atoms with van der Waals surface area (Å²) in [6.07, 6.45) is 18.4. The van der Waals surface area contributed by atoms with Crippen molar-refractivity contribution < 1.29 is 39.9 Å². The fourth-order valence-corrected chi connectivity index (χ4v) is 22.2. The summed E-state index contributed by atoms with van der Waals surface area (Å²) in [5.41, 5.74) is 1.55. The molecule has 390 valence electrons. The van der Waals surface area contributed by atoms with Crippen LogP contribution in [0.5, 0.6) is 0 Å². The zero-order chi connectivity index (χ0) is 50.8. The molecule has 5 N–H and O–H groups in total. The van der Waals surface area contributed by atoms with Crippen molar-refractivity contribution in [2.45, 2.75) is 224 Å². The molecule has 0 radical (unpaired) electrons. The predicted octanol–water partition coefficient (Wildman–Crippen LogP) is 12.8. The molecule has 0 bridgehead atoms. The number of carbonyl (C=O) groups is 2. The van der Waals surface area contributed by atoms with Gasteiger partial charge in [0.1, 0.15) is 0 Å². The zero-order valence-corrected chi connectivity index (χ0v) is 46.0. The van der Waals surface area contributed by atoms with Crippen LogP contribution in [0.4, 0.5) is 0 Å². The van der Waals surface area contributed by atoms with E-state index < -0.39 is 41.1 Å². The highest BCUT2D eigenvalue weighted by Crippen LogP contribution is 2.78. The molecule has 22 atom stereocenters. The molecular formula is C61H98O8. The summed E-state index contributed by atoms with van der Waals surface area (Å²) >= 11 is 0. The Bertz CT molecular complexity index is 2120. The molecule has 10 aliphatic carbocycles. The van der Waals surface area contributed by atoms with Crippen LogP contribution in [0.1, 0.15) is 200 Å². The lowest BCUT2D eigenvalue weighted by molar-refractivity contribution is -0.236. The molecule has 0 aromatic rings. The summed E-state index contributed by atoms with van der Waals surface area (Å²) in [6, 6.07) is 0. The quantitative estimate of drug-likeness (QED) is 0.176. The predicted molar refractivity (Wildman–Crippen MR) is 273 cm³/mol. The van der Waals surface area contributed by atoms with Crippen molar-refractivity contribution in [1.29, 1.82) is 0 Å². The maximum absolute atomic E-state index is 12.8. The fourth-order valence-electron chi connectivity index (χ4n) is 22.2. The van der Waals surface area contributed by atoms with Crippen LogP contribution in [0.25, 0.3) is 0 Å². The molecule has 0 aliphatic heterocycles. The average molecular weight is 959 g/mol. The molecule has 0 aromatic heterocycles. The Hall–Kier alpha value is -1.74. The number of carboxylic acids is 2.